The van der Waals surface area contributed by atoms with Gasteiger partial charge in [-0.3, -0.25) is 0 Å². The first-order valence-electron chi connectivity index (χ1n) is 8.10. The summed E-state index contributed by atoms with van der Waals surface area (Å²) in [5.41, 5.74) is -0.738. The van der Waals surface area contributed by atoms with E-state index < -0.39 is 5.43 Å². The van der Waals surface area contributed by atoms with Crippen molar-refractivity contribution in [2.75, 3.05) is 13.2 Å². The van der Waals surface area contributed by atoms with E-state index in [2.05, 4.69) is 17.4 Å². The SMILES string of the molecule is C.CCOC(=O)Cl.CCOC(=O)Sc1cc(C)oc1C.Cc1cc(S)c(C)o1. The lowest BCUT2D eigenvalue weighted by Crippen LogP contribution is -1.95. The van der Waals surface area contributed by atoms with Crippen molar-refractivity contribution < 1.29 is 27.9 Å². The maximum absolute atomic E-state index is 11.1. The fourth-order valence-corrected chi connectivity index (χ4v) is 2.78. The van der Waals surface area contributed by atoms with Gasteiger partial charge in [0.1, 0.15) is 23.0 Å². The number of ether oxygens (including phenoxy) is 2. The molecular weight excluding hydrogens is 424 g/mol. The monoisotopic (exact) mass is 452 g/mol. The largest absolute Gasteiger partial charge is 0.465 e. The molecule has 0 saturated heterocycles. The smallest absolute Gasteiger partial charge is 0.403 e. The summed E-state index contributed by atoms with van der Waals surface area (Å²) in [6.45, 7) is 11.7. The van der Waals surface area contributed by atoms with Crippen LogP contribution >= 0.6 is 36.0 Å². The highest BCUT2D eigenvalue weighted by Crippen LogP contribution is 2.26. The molecule has 2 heterocycles. The number of furan rings is 2. The number of carbonyl (C=O) groups is 2. The topological polar surface area (TPSA) is 78.9 Å². The van der Waals surface area contributed by atoms with E-state index in [9.17, 15) is 9.59 Å². The van der Waals surface area contributed by atoms with Gasteiger partial charge in [0.05, 0.1) is 18.1 Å². The third-order valence-corrected chi connectivity index (χ3v) is 4.19. The van der Waals surface area contributed by atoms with Crippen molar-refractivity contribution in [3.63, 3.8) is 0 Å². The van der Waals surface area contributed by atoms with Crippen LogP contribution in [-0.4, -0.2) is 23.9 Å². The zero-order valence-electron chi connectivity index (χ0n) is 16.3. The number of carbonyl (C=O) groups excluding carboxylic acids is 2. The summed E-state index contributed by atoms with van der Waals surface area (Å²) >= 11 is 9.90. The molecule has 9 heteroatoms. The molecule has 0 N–H and O–H groups in total. The second-order valence-electron chi connectivity index (χ2n) is 5.03. The van der Waals surface area contributed by atoms with E-state index in [1.807, 2.05) is 39.8 Å². The van der Waals surface area contributed by atoms with Crippen LogP contribution < -0.4 is 0 Å². The fraction of sp³-hybridized carbons (Fsp3) is 0.474. The molecule has 28 heavy (non-hydrogen) atoms. The third kappa shape index (κ3) is 12.8. The summed E-state index contributed by atoms with van der Waals surface area (Å²) in [5.74, 6) is 3.39. The van der Waals surface area contributed by atoms with Gasteiger partial charge in [-0.05, 0) is 65.4 Å². The molecule has 0 atom stereocenters. The summed E-state index contributed by atoms with van der Waals surface area (Å²) in [4.78, 5) is 22.4. The average Bonchev–Trinajstić information content (AvgIpc) is 3.00. The highest BCUT2D eigenvalue weighted by Gasteiger charge is 2.11. The van der Waals surface area contributed by atoms with Crippen LogP contribution in [0.3, 0.4) is 0 Å². The lowest BCUT2D eigenvalue weighted by atomic mass is 10.4. The highest BCUT2D eigenvalue weighted by atomic mass is 35.5. The van der Waals surface area contributed by atoms with E-state index in [-0.39, 0.29) is 12.7 Å². The van der Waals surface area contributed by atoms with Gasteiger partial charge in [0, 0.05) is 16.5 Å². The molecule has 0 unspecified atom stereocenters. The molecule has 0 saturated carbocycles. The van der Waals surface area contributed by atoms with Gasteiger partial charge in [0.15, 0.2) is 0 Å². The first-order chi connectivity index (χ1) is 12.6. The van der Waals surface area contributed by atoms with Crippen LogP contribution in [-0.2, 0) is 9.47 Å². The summed E-state index contributed by atoms with van der Waals surface area (Å²) in [5, 5.41) is -0.286. The molecule has 0 aliphatic rings. The zero-order chi connectivity index (χ0) is 21.0. The van der Waals surface area contributed by atoms with Gasteiger partial charge < -0.3 is 18.3 Å². The second kappa shape index (κ2) is 15.4. The van der Waals surface area contributed by atoms with E-state index in [1.54, 1.807) is 13.8 Å². The summed E-state index contributed by atoms with van der Waals surface area (Å²) in [6.07, 6.45) is 0. The van der Waals surface area contributed by atoms with Crippen molar-refractivity contribution in [1.82, 2.24) is 0 Å². The number of rotatable bonds is 3. The Hall–Kier alpha value is -1.51. The molecule has 160 valence electrons. The van der Waals surface area contributed by atoms with Gasteiger partial charge in [-0.2, -0.15) is 0 Å². The normalized spacial score (nSPS) is 9.14. The molecule has 0 aromatic carbocycles. The minimum atomic E-state index is -0.738. The Balaban J connectivity index is 0. The average molecular weight is 453 g/mol. The predicted octanol–water partition coefficient (Wildman–Crippen LogP) is 7.35. The van der Waals surface area contributed by atoms with E-state index in [0.29, 0.717) is 13.2 Å². The van der Waals surface area contributed by atoms with E-state index >= 15 is 0 Å². The maximum Gasteiger partial charge on any atom is 0.403 e. The lowest BCUT2D eigenvalue weighted by Gasteiger charge is -1.98. The Morgan fingerprint density at radius 1 is 1.00 bits per heavy atom. The number of hydrogen-bond donors (Lipinski definition) is 1. The summed E-state index contributed by atoms with van der Waals surface area (Å²) in [7, 11) is 0. The zero-order valence-corrected chi connectivity index (χ0v) is 18.7. The molecule has 2 rings (SSSR count). The molecule has 2 aromatic rings. The second-order valence-corrected chi connectivity index (χ2v) is 6.80. The number of thiol groups is 1. The van der Waals surface area contributed by atoms with Crippen molar-refractivity contribution in [3.8, 4) is 0 Å². The van der Waals surface area contributed by atoms with Crippen LogP contribution in [0.5, 0.6) is 0 Å². The third-order valence-electron chi connectivity index (χ3n) is 2.72. The summed E-state index contributed by atoms with van der Waals surface area (Å²) in [6, 6.07) is 3.73. The summed E-state index contributed by atoms with van der Waals surface area (Å²) < 4.78 is 19.4. The van der Waals surface area contributed by atoms with E-state index in [1.165, 1.54) is 0 Å². The molecular formula is C19H29ClO6S2. The molecule has 6 nitrogen and oxygen atoms in total. The van der Waals surface area contributed by atoms with Crippen LogP contribution in [0.15, 0.2) is 30.8 Å². The Morgan fingerprint density at radius 2 is 1.50 bits per heavy atom. The number of thioether (sulfide) groups is 1. The van der Waals surface area contributed by atoms with Crippen LogP contribution in [0, 0.1) is 27.7 Å². The lowest BCUT2D eigenvalue weighted by molar-refractivity contribution is 0.179. The van der Waals surface area contributed by atoms with E-state index in [4.69, 9.17) is 25.2 Å². The molecule has 0 amide bonds. The van der Waals surface area contributed by atoms with Crippen LogP contribution in [0.1, 0.15) is 44.3 Å². The van der Waals surface area contributed by atoms with Gasteiger partial charge >= 0.3 is 10.7 Å². The Morgan fingerprint density at radius 3 is 1.75 bits per heavy atom. The minimum Gasteiger partial charge on any atom is -0.465 e. The van der Waals surface area contributed by atoms with Crippen molar-refractivity contribution >= 4 is 46.7 Å². The predicted molar refractivity (Wildman–Crippen MR) is 116 cm³/mol. The highest BCUT2D eigenvalue weighted by molar-refractivity contribution is 8.13. The van der Waals surface area contributed by atoms with Crippen molar-refractivity contribution in [2.24, 2.45) is 0 Å². The van der Waals surface area contributed by atoms with Gasteiger partial charge in [-0.1, -0.05) is 7.43 Å². The van der Waals surface area contributed by atoms with Gasteiger partial charge in [-0.15, -0.1) is 12.6 Å². The Labute approximate surface area is 181 Å². The number of aryl methyl sites for hydroxylation is 4. The first-order valence-corrected chi connectivity index (χ1v) is 9.74. The van der Waals surface area contributed by atoms with Crippen molar-refractivity contribution in [2.45, 2.75) is 58.8 Å². The van der Waals surface area contributed by atoms with Crippen LogP contribution in [0.2, 0.25) is 0 Å². The van der Waals surface area contributed by atoms with Crippen LogP contribution in [0.25, 0.3) is 0 Å². The molecule has 0 fully saturated rings. The van der Waals surface area contributed by atoms with Gasteiger partial charge in [-0.25, -0.2) is 9.59 Å². The first kappa shape index (κ1) is 28.7. The number of hydrogen-bond acceptors (Lipinski definition) is 8. The minimum absolute atomic E-state index is 0. The molecule has 0 radical (unpaired) electrons. The van der Waals surface area contributed by atoms with Crippen molar-refractivity contribution in [1.29, 1.82) is 0 Å². The molecule has 2 aromatic heterocycles. The van der Waals surface area contributed by atoms with Gasteiger partial charge in [0.25, 0.3) is 0 Å². The van der Waals surface area contributed by atoms with Gasteiger partial charge in [0.2, 0.25) is 0 Å². The van der Waals surface area contributed by atoms with Crippen molar-refractivity contribution in [3.05, 3.63) is 35.2 Å². The molecule has 0 aliphatic carbocycles. The molecule has 0 bridgehead atoms. The standard InChI is InChI=1S/C9H12O3S.C6H8OS.C3H5ClO2.CH4/c1-4-11-9(10)13-8-5-6(2)12-7(8)3;1-4-3-6(8)5(2)7-4;1-2-6-3(4)5;/h5H,4H2,1-3H3;3,8H,1-2H3;2H2,1H3;1H4. The number of halogens is 1. The Bertz CT molecular complexity index is 705. The molecule has 0 aliphatic heterocycles. The van der Waals surface area contributed by atoms with E-state index in [0.717, 1.165) is 44.6 Å². The fourth-order valence-electron chi connectivity index (χ4n) is 1.68. The molecule has 0 spiro atoms. The maximum atomic E-state index is 11.1. The van der Waals surface area contributed by atoms with Crippen LogP contribution in [0.4, 0.5) is 9.59 Å². The quantitative estimate of drug-likeness (QED) is 0.225. The Kier molecular flexibility index (Phi) is 15.8.